The molecule has 2 aromatic heterocycles. The largest absolute Gasteiger partial charge is 0.398 e. The van der Waals surface area contributed by atoms with Crippen molar-refractivity contribution in [2.75, 3.05) is 12.3 Å². The number of pyridine rings is 1. The van der Waals surface area contributed by atoms with E-state index in [-0.39, 0.29) is 17.5 Å². The van der Waals surface area contributed by atoms with Crippen LogP contribution in [0.1, 0.15) is 41.4 Å². The van der Waals surface area contributed by atoms with E-state index in [4.69, 9.17) is 10.5 Å². The van der Waals surface area contributed by atoms with E-state index in [1.165, 1.54) is 12.1 Å². The number of ether oxygens (including phenoxy) is 1. The highest BCUT2D eigenvalue weighted by atomic mass is 79.9. The fraction of sp³-hybridized carbons (Fsp3) is 0.227. The van der Waals surface area contributed by atoms with Crippen molar-refractivity contribution in [3.05, 3.63) is 64.3 Å². The summed E-state index contributed by atoms with van der Waals surface area (Å²) in [5, 5.41) is 6.37. The number of nitrogens with zero attached hydrogens (tertiary/aromatic N) is 3. The molecule has 1 aliphatic heterocycles. The van der Waals surface area contributed by atoms with Gasteiger partial charge in [0, 0.05) is 57.0 Å². The first-order chi connectivity index (χ1) is 14.5. The molecule has 0 spiro atoms. The molecule has 1 fully saturated rings. The molecule has 5 rings (SSSR count). The Morgan fingerprint density at radius 1 is 1.20 bits per heavy atom. The third kappa shape index (κ3) is 3.07. The second kappa shape index (κ2) is 7.45. The van der Waals surface area contributed by atoms with Crippen molar-refractivity contribution < 1.29 is 13.9 Å². The lowest BCUT2D eigenvalue weighted by molar-refractivity contribution is -0.0391. The number of fused-ring (bicyclic) bond motifs is 2. The average Bonchev–Trinajstić information content (AvgIpc) is 3.23. The highest BCUT2D eigenvalue weighted by Gasteiger charge is 2.23. The number of carbonyl (C=O) groups is 1. The Kier molecular flexibility index (Phi) is 4.75. The molecule has 8 heteroatoms. The van der Waals surface area contributed by atoms with Gasteiger partial charge in [-0.25, -0.2) is 9.07 Å². The van der Waals surface area contributed by atoms with Gasteiger partial charge in [-0.1, -0.05) is 15.9 Å². The van der Waals surface area contributed by atoms with Crippen molar-refractivity contribution in [3.8, 4) is 0 Å². The Labute approximate surface area is 180 Å². The minimum Gasteiger partial charge on any atom is -0.398 e. The molecular weight excluding hydrogens is 451 g/mol. The molecule has 1 unspecified atom stereocenters. The molecule has 0 aliphatic carbocycles. The summed E-state index contributed by atoms with van der Waals surface area (Å²) in [7, 11) is 0. The maximum absolute atomic E-state index is 14.5. The minimum atomic E-state index is -0.477. The lowest BCUT2D eigenvalue weighted by Gasteiger charge is -2.22. The highest BCUT2D eigenvalue weighted by Crippen LogP contribution is 2.34. The molecule has 6 nitrogen and oxygen atoms in total. The molecule has 30 heavy (non-hydrogen) atoms. The SMILES string of the molecule is Nc1c(C(=O)c2ccc(F)c3nn(C4CCCCO4)cc23)cc(Br)c2cnccc12. The molecule has 0 bridgehead atoms. The number of hydrogen-bond donors (Lipinski definition) is 1. The predicted molar refractivity (Wildman–Crippen MR) is 116 cm³/mol. The number of nitrogens with two attached hydrogens (primary N) is 1. The summed E-state index contributed by atoms with van der Waals surface area (Å²) in [6.07, 6.45) is 7.58. The first-order valence-electron chi connectivity index (χ1n) is 9.70. The van der Waals surface area contributed by atoms with Crippen molar-refractivity contribution >= 4 is 49.1 Å². The Balaban J connectivity index is 1.65. The van der Waals surface area contributed by atoms with Crippen molar-refractivity contribution in [2.24, 2.45) is 0 Å². The molecule has 152 valence electrons. The van der Waals surface area contributed by atoms with Gasteiger partial charge < -0.3 is 10.5 Å². The summed E-state index contributed by atoms with van der Waals surface area (Å²) in [5.74, 6) is -0.768. The second-order valence-corrected chi connectivity index (χ2v) is 8.21. The maximum atomic E-state index is 14.5. The number of anilines is 1. The van der Waals surface area contributed by atoms with Crippen LogP contribution < -0.4 is 5.73 Å². The van der Waals surface area contributed by atoms with E-state index in [1.54, 1.807) is 35.4 Å². The third-order valence-electron chi connectivity index (χ3n) is 5.51. The summed E-state index contributed by atoms with van der Waals surface area (Å²) in [6.45, 7) is 0.644. The van der Waals surface area contributed by atoms with Gasteiger partial charge in [0.25, 0.3) is 0 Å². The average molecular weight is 469 g/mol. The number of rotatable bonds is 3. The Bertz CT molecular complexity index is 1300. The van der Waals surface area contributed by atoms with Gasteiger partial charge in [-0.15, -0.1) is 0 Å². The molecular formula is C22H18BrFN4O2. The summed E-state index contributed by atoms with van der Waals surface area (Å²) in [5.41, 5.74) is 7.54. The van der Waals surface area contributed by atoms with Crippen molar-refractivity contribution in [3.63, 3.8) is 0 Å². The van der Waals surface area contributed by atoms with E-state index in [2.05, 4.69) is 26.0 Å². The molecule has 0 amide bonds. The third-order valence-corrected chi connectivity index (χ3v) is 6.17. The van der Waals surface area contributed by atoms with Gasteiger partial charge in [0.2, 0.25) is 0 Å². The van der Waals surface area contributed by atoms with Crippen LogP contribution in [-0.2, 0) is 4.74 Å². The van der Waals surface area contributed by atoms with Gasteiger partial charge in [0.1, 0.15) is 11.7 Å². The van der Waals surface area contributed by atoms with Crippen LogP contribution in [0.15, 0.2) is 47.3 Å². The Morgan fingerprint density at radius 3 is 2.87 bits per heavy atom. The van der Waals surface area contributed by atoms with Crippen LogP contribution in [0, 0.1) is 5.82 Å². The number of nitrogen functional groups attached to an aromatic ring is 1. The maximum Gasteiger partial charge on any atom is 0.195 e. The fourth-order valence-electron chi connectivity index (χ4n) is 3.95. The van der Waals surface area contributed by atoms with Crippen molar-refractivity contribution in [2.45, 2.75) is 25.5 Å². The second-order valence-electron chi connectivity index (χ2n) is 7.36. The van der Waals surface area contributed by atoms with Crippen LogP contribution in [-0.4, -0.2) is 27.2 Å². The quantitative estimate of drug-likeness (QED) is 0.337. The van der Waals surface area contributed by atoms with E-state index in [9.17, 15) is 9.18 Å². The van der Waals surface area contributed by atoms with Crippen molar-refractivity contribution in [1.82, 2.24) is 14.8 Å². The topological polar surface area (TPSA) is 83.0 Å². The van der Waals surface area contributed by atoms with Gasteiger partial charge in [-0.3, -0.25) is 9.78 Å². The predicted octanol–water partition coefficient (Wildman–Crippen LogP) is 5.00. The first kappa shape index (κ1) is 19.1. The fourth-order valence-corrected chi connectivity index (χ4v) is 4.49. The lowest BCUT2D eigenvalue weighted by atomic mass is 9.96. The van der Waals surface area contributed by atoms with E-state index in [0.717, 1.165) is 30.0 Å². The van der Waals surface area contributed by atoms with E-state index < -0.39 is 5.82 Å². The number of hydrogen-bond acceptors (Lipinski definition) is 5. The monoisotopic (exact) mass is 468 g/mol. The molecule has 4 aromatic rings. The summed E-state index contributed by atoms with van der Waals surface area (Å²) in [4.78, 5) is 17.6. The van der Waals surface area contributed by atoms with Crippen LogP contribution in [0.3, 0.4) is 0 Å². The molecule has 2 aromatic carbocycles. The number of benzene rings is 2. The summed E-state index contributed by atoms with van der Waals surface area (Å²) >= 11 is 3.50. The van der Waals surface area contributed by atoms with Gasteiger partial charge in [0.15, 0.2) is 11.6 Å². The van der Waals surface area contributed by atoms with Gasteiger partial charge >= 0.3 is 0 Å². The minimum absolute atomic E-state index is 0.151. The van der Waals surface area contributed by atoms with Crippen molar-refractivity contribution in [1.29, 1.82) is 0 Å². The van der Waals surface area contributed by atoms with E-state index in [0.29, 0.717) is 33.3 Å². The highest BCUT2D eigenvalue weighted by molar-refractivity contribution is 9.10. The molecule has 1 atom stereocenters. The Hall–Kier alpha value is -2.84. The number of carbonyl (C=O) groups excluding carboxylic acids is 1. The number of ketones is 1. The zero-order chi connectivity index (χ0) is 20.8. The normalized spacial score (nSPS) is 16.9. The van der Waals surface area contributed by atoms with Crippen LogP contribution in [0.4, 0.5) is 10.1 Å². The van der Waals surface area contributed by atoms with Gasteiger partial charge in [-0.2, -0.15) is 5.10 Å². The van der Waals surface area contributed by atoms with E-state index >= 15 is 0 Å². The number of aromatic nitrogens is 3. The first-order valence-corrected chi connectivity index (χ1v) is 10.5. The van der Waals surface area contributed by atoms with Gasteiger partial charge in [-0.05, 0) is 43.5 Å². The molecule has 1 saturated heterocycles. The standard InChI is InChI=1S/C22H18BrFN4O2/c23-17-9-14(20(25)12-6-7-26-10-15(12)17)22(29)13-4-5-18(24)21-16(13)11-28(27-21)19-3-1-2-8-30-19/h4-7,9-11,19H,1-3,8,25H2. The zero-order valence-corrected chi connectivity index (χ0v) is 17.5. The zero-order valence-electron chi connectivity index (χ0n) is 15.9. The summed E-state index contributed by atoms with van der Waals surface area (Å²) < 4.78 is 22.6. The smallest absolute Gasteiger partial charge is 0.195 e. The molecule has 1 aliphatic rings. The van der Waals surface area contributed by atoms with Crippen LogP contribution >= 0.6 is 15.9 Å². The Morgan fingerprint density at radius 2 is 2.07 bits per heavy atom. The van der Waals surface area contributed by atoms with E-state index in [1.807, 2.05) is 0 Å². The molecule has 2 N–H and O–H groups in total. The molecule has 0 saturated carbocycles. The summed E-state index contributed by atoms with van der Waals surface area (Å²) in [6, 6.07) is 6.21. The van der Waals surface area contributed by atoms with Crippen LogP contribution in [0.5, 0.6) is 0 Å². The van der Waals surface area contributed by atoms with Gasteiger partial charge in [0.05, 0.1) is 5.69 Å². The molecule has 0 radical (unpaired) electrons. The van der Waals surface area contributed by atoms with Crippen LogP contribution in [0.25, 0.3) is 21.7 Å². The lowest BCUT2D eigenvalue weighted by Crippen LogP contribution is -2.18. The molecule has 3 heterocycles. The number of halogens is 2. The van der Waals surface area contributed by atoms with Crippen LogP contribution in [0.2, 0.25) is 0 Å².